The molecule has 0 aliphatic carbocycles. The van der Waals surface area contributed by atoms with E-state index in [-0.39, 0.29) is 11.8 Å². The molecule has 1 aliphatic heterocycles. The molecule has 0 unspecified atom stereocenters. The lowest BCUT2D eigenvalue weighted by molar-refractivity contribution is 0.0764. The predicted octanol–water partition coefficient (Wildman–Crippen LogP) is 3.49. The number of carbonyl (C=O) groups excluding carboxylic acids is 1. The van der Waals surface area contributed by atoms with Crippen molar-refractivity contribution in [2.45, 2.75) is 26.4 Å². The lowest BCUT2D eigenvalue weighted by Crippen LogP contribution is -2.29. The third kappa shape index (κ3) is 4.49. The molecule has 2 atom stereocenters. The number of hydrogen-bond donors (Lipinski definition) is 2. The fraction of sp³-hybridized carbons (Fsp3) is 0.304. The zero-order chi connectivity index (χ0) is 20.4. The number of nitrogens with one attached hydrogen (secondary N) is 1. The Morgan fingerprint density at radius 3 is 2.62 bits per heavy atom. The van der Waals surface area contributed by atoms with Crippen LogP contribution in [-0.2, 0) is 6.42 Å². The first kappa shape index (κ1) is 19.2. The van der Waals surface area contributed by atoms with Gasteiger partial charge < -0.3 is 14.7 Å². The Hall–Kier alpha value is -3.12. The van der Waals surface area contributed by atoms with Crippen molar-refractivity contribution in [1.29, 1.82) is 0 Å². The van der Waals surface area contributed by atoms with Gasteiger partial charge >= 0.3 is 0 Å². The first-order valence-corrected chi connectivity index (χ1v) is 9.81. The van der Waals surface area contributed by atoms with E-state index in [1.54, 1.807) is 29.2 Å². The van der Waals surface area contributed by atoms with Crippen molar-refractivity contribution in [2.24, 2.45) is 5.92 Å². The maximum atomic E-state index is 12.9. The molecule has 2 N–H and O–H groups in total. The summed E-state index contributed by atoms with van der Waals surface area (Å²) < 4.78 is 5.85. The van der Waals surface area contributed by atoms with E-state index >= 15 is 0 Å². The minimum atomic E-state index is -0.542. The highest BCUT2D eigenvalue weighted by atomic mass is 16.5. The van der Waals surface area contributed by atoms with Gasteiger partial charge in [-0.15, -0.1) is 0 Å². The van der Waals surface area contributed by atoms with Crippen LogP contribution in [-0.4, -0.2) is 45.3 Å². The van der Waals surface area contributed by atoms with Crippen LogP contribution >= 0.6 is 0 Å². The zero-order valence-corrected chi connectivity index (χ0v) is 16.6. The molecule has 6 nitrogen and oxygen atoms in total. The summed E-state index contributed by atoms with van der Waals surface area (Å²) in [7, 11) is 0. The second kappa shape index (κ2) is 8.09. The van der Waals surface area contributed by atoms with E-state index in [2.05, 4.69) is 10.2 Å². The predicted molar refractivity (Wildman–Crippen MR) is 110 cm³/mol. The third-order valence-electron chi connectivity index (χ3n) is 5.25. The number of H-pyrrole nitrogens is 1. The number of aromatic nitrogens is 2. The van der Waals surface area contributed by atoms with Crippen LogP contribution in [0.15, 0.2) is 54.6 Å². The van der Waals surface area contributed by atoms with Gasteiger partial charge in [0.05, 0.1) is 11.8 Å². The van der Waals surface area contributed by atoms with Gasteiger partial charge in [-0.05, 0) is 68.3 Å². The Balaban J connectivity index is 1.39. The van der Waals surface area contributed by atoms with Gasteiger partial charge in [0.2, 0.25) is 0 Å². The number of nitrogens with zero attached hydrogens (tertiary/aromatic N) is 2. The van der Waals surface area contributed by atoms with E-state index in [4.69, 9.17) is 4.74 Å². The molecule has 1 fully saturated rings. The highest BCUT2D eigenvalue weighted by Crippen LogP contribution is 2.25. The first-order valence-electron chi connectivity index (χ1n) is 9.81. The number of amides is 1. The molecule has 150 valence electrons. The van der Waals surface area contributed by atoms with E-state index in [0.29, 0.717) is 30.8 Å². The number of aliphatic hydroxyl groups excluding tert-OH is 1. The number of benzene rings is 2. The van der Waals surface area contributed by atoms with Crippen molar-refractivity contribution < 1.29 is 14.6 Å². The van der Waals surface area contributed by atoms with Crippen LogP contribution in [0.5, 0.6) is 11.5 Å². The van der Waals surface area contributed by atoms with Crippen molar-refractivity contribution >= 4 is 5.91 Å². The lowest BCUT2D eigenvalue weighted by atomic mass is 10.0. The fourth-order valence-electron chi connectivity index (χ4n) is 3.73. The van der Waals surface area contributed by atoms with Crippen LogP contribution in [0, 0.1) is 19.8 Å². The maximum absolute atomic E-state index is 12.9. The molecule has 6 heteroatoms. The van der Waals surface area contributed by atoms with Gasteiger partial charge in [0.1, 0.15) is 11.5 Å². The van der Waals surface area contributed by atoms with Crippen molar-refractivity contribution in [2.75, 3.05) is 13.1 Å². The van der Waals surface area contributed by atoms with E-state index < -0.39 is 6.10 Å². The maximum Gasteiger partial charge on any atom is 0.253 e. The zero-order valence-electron chi connectivity index (χ0n) is 16.6. The molecule has 0 saturated carbocycles. The average molecular weight is 391 g/mol. The molecule has 29 heavy (non-hydrogen) atoms. The number of rotatable bonds is 5. The molecule has 3 aromatic rings. The van der Waals surface area contributed by atoms with Gasteiger partial charge in [-0.2, -0.15) is 5.10 Å². The van der Waals surface area contributed by atoms with Gasteiger partial charge in [0.25, 0.3) is 5.91 Å². The first-order chi connectivity index (χ1) is 14.0. The molecule has 2 heterocycles. The summed E-state index contributed by atoms with van der Waals surface area (Å²) in [4.78, 5) is 14.6. The number of ether oxygens (including phenoxy) is 1. The molecule has 0 radical (unpaired) electrons. The van der Waals surface area contributed by atoms with Crippen molar-refractivity contribution in [1.82, 2.24) is 15.1 Å². The summed E-state index contributed by atoms with van der Waals surface area (Å²) >= 11 is 0. The van der Waals surface area contributed by atoms with E-state index in [0.717, 1.165) is 22.7 Å². The molecular formula is C23H25N3O3. The number of aryl methyl sites for hydroxylation is 2. The molecule has 1 amide bonds. The van der Waals surface area contributed by atoms with Gasteiger partial charge in [-0.25, -0.2) is 0 Å². The second-order valence-corrected chi connectivity index (χ2v) is 7.73. The largest absolute Gasteiger partial charge is 0.457 e. The number of aliphatic hydroxyl groups is 1. The van der Waals surface area contributed by atoms with Crippen LogP contribution in [0.4, 0.5) is 0 Å². The molecule has 2 aromatic carbocycles. The Bertz CT molecular complexity index is 997. The van der Waals surface area contributed by atoms with Crippen molar-refractivity contribution in [3.05, 3.63) is 77.1 Å². The fourth-order valence-corrected chi connectivity index (χ4v) is 3.73. The molecule has 0 bridgehead atoms. The number of carbonyl (C=O) groups is 1. The molecule has 1 aromatic heterocycles. The quantitative estimate of drug-likeness (QED) is 0.698. The van der Waals surface area contributed by atoms with Gasteiger partial charge in [-0.1, -0.05) is 12.1 Å². The molecule has 1 saturated heterocycles. The number of likely N-dealkylation sites (tertiary alicyclic amines) is 1. The topological polar surface area (TPSA) is 78.5 Å². The van der Waals surface area contributed by atoms with E-state index in [1.165, 1.54) is 0 Å². The Labute approximate surface area is 170 Å². The number of β-amino-alcohol motifs (C(OH)–C–C–N with tert-alkyl or cyclic N) is 1. The summed E-state index contributed by atoms with van der Waals surface area (Å²) in [5, 5.41) is 17.6. The van der Waals surface area contributed by atoms with Gasteiger partial charge in [0.15, 0.2) is 0 Å². The second-order valence-electron chi connectivity index (χ2n) is 7.73. The van der Waals surface area contributed by atoms with Crippen LogP contribution in [0.3, 0.4) is 0 Å². The SMILES string of the molecule is Cc1cccc(Oc2ccc(C(=O)N3C[C@@H](Cc4cc(C)[nH]n4)[C@H](O)C3)cc2)c1. The highest BCUT2D eigenvalue weighted by Gasteiger charge is 2.34. The molecule has 1 aliphatic rings. The Morgan fingerprint density at radius 1 is 1.14 bits per heavy atom. The summed E-state index contributed by atoms with van der Waals surface area (Å²) in [6.45, 7) is 4.82. The summed E-state index contributed by atoms with van der Waals surface area (Å²) in [6, 6.07) is 16.9. The lowest BCUT2D eigenvalue weighted by Gasteiger charge is -2.16. The molecule has 4 rings (SSSR count). The third-order valence-corrected chi connectivity index (χ3v) is 5.25. The summed E-state index contributed by atoms with van der Waals surface area (Å²) in [6.07, 6.45) is 0.110. The number of aromatic amines is 1. The van der Waals surface area contributed by atoms with Crippen LogP contribution < -0.4 is 4.74 Å². The molecule has 0 spiro atoms. The van der Waals surface area contributed by atoms with Crippen LogP contribution in [0.1, 0.15) is 27.3 Å². The monoisotopic (exact) mass is 391 g/mol. The Morgan fingerprint density at radius 2 is 1.93 bits per heavy atom. The summed E-state index contributed by atoms with van der Waals surface area (Å²) in [5.41, 5.74) is 3.62. The van der Waals surface area contributed by atoms with Gasteiger partial charge in [0, 0.05) is 30.3 Å². The minimum Gasteiger partial charge on any atom is -0.457 e. The Kier molecular flexibility index (Phi) is 5.36. The standard InChI is InChI=1S/C23H25N3O3/c1-15-4-3-5-21(10-15)29-20-8-6-17(7-9-20)23(28)26-13-18(22(27)14-26)12-19-11-16(2)24-25-19/h3-11,18,22,27H,12-14H2,1-2H3,(H,24,25)/t18-,22-/m1/s1. The van der Waals surface area contributed by atoms with E-state index in [1.807, 2.05) is 44.2 Å². The smallest absolute Gasteiger partial charge is 0.253 e. The van der Waals surface area contributed by atoms with Crippen LogP contribution in [0.2, 0.25) is 0 Å². The van der Waals surface area contributed by atoms with Gasteiger partial charge in [-0.3, -0.25) is 9.89 Å². The van der Waals surface area contributed by atoms with Crippen molar-refractivity contribution in [3.63, 3.8) is 0 Å². The van der Waals surface area contributed by atoms with E-state index in [9.17, 15) is 9.90 Å². The highest BCUT2D eigenvalue weighted by molar-refractivity contribution is 5.94. The minimum absolute atomic E-state index is 0.00873. The summed E-state index contributed by atoms with van der Waals surface area (Å²) in [5.74, 6) is 1.36. The normalized spacial score (nSPS) is 18.8. The van der Waals surface area contributed by atoms with Crippen LogP contribution in [0.25, 0.3) is 0 Å². The molecular weight excluding hydrogens is 366 g/mol. The van der Waals surface area contributed by atoms with Crippen molar-refractivity contribution in [3.8, 4) is 11.5 Å². The average Bonchev–Trinajstić information content (AvgIpc) is 3.27. The number of hydrogen-bond acceptors (Lipinski definition) is 4.